The van der Waals surface area contributed by atoms with Crippen LogP contribution in [0.2, 0.25) is 0 Å². The van der Waals surface area contributed by atoms with E-state index >= 15 is 0 Å². The molecule has 0 aliphatic heterocycles. The van der Waals surface area contributed by atoms with Gasteiger partial charge < -0.3 is 10.3 Å². The SMILES string of the molecule is Cc1noc(C)c1CC1(CCN)CC1. The van der Waals surface area contributed by atoms with Gasteiger partial charge in [-0.15, -0.1) is 0 Å². The molecule has 1 aliphatic rings. The first kappa shape index (κ1) is 9.71. The Labute approximate surface area is 84.7 Å². The van der Waals surface area contributed by atoms with E-state index in [1.807, 2.05) is 13.8 Å². The van der Waals surface area contributed by atoms with Gasteiger partial charge in [0.15, 0.2) is 0 Å². The van der Waals surface area contributed by atoms with E-state index in [4.69, 9.17) is 10.3 Å². The standard InChI is InChI=1S/C11H18N2O/c1-8-10(9(2)14-13-8)7-11(3-4-11)5-6-12/h3-7,12H2,1-2H3. The molecular weight excluding hydrogens is 176 g/mol. The molecule has 0 saturated heterocycles. The monoisotopic (exact) mass is 194 g/mol. The highest BCUT2D eigenvalue weighted by Crippen LogP contribution is 2.51. The van der Waals surface area contributed by atoms with Crippen LogP contribution in [0.25, 0.3) is 0 Å². The number of rotatable bonds is 4. The van der Waals surface area contributed by atoms with Gasteiger partial charge in [0.25, 0.3) is 0 Å². The first-order valence-electron chi connectivity index (χ1n) is 5.29. The Morgan fingerprint density at radius 2 is 2.14 bits per heavy atom. The molecule has 0 bridgehead atoms. The van der Waals surface area contributed by atoms with Crippen molar-refractivity contribution in [3.63, 3.8) is 0 Å². The second-order valence-corrected chi connectivity index (χ2v) is 4.52. The van der Waals surface area contributed by atoms with Crippen LogP contribution in [0.1, 0.15) is 36.3 Å². The summed E-state index contributed by atoms with van der Waals surface area (Å²) >= 11 is 0. The number of aryl methyl sites for hydroxylation is 2. The molecule has 1 aromatic heterocycles. The summed E-state index contributed by atoms with van der Waals surface area (Å²) in [7, 11) is 0. The second kappa shape index (κ2) is 3.39. The Morgan fingerprint density at radius 3 is 2.57 bits per heavy atom. The smallest absolute Gasteiger partial charge is 0.137 e. The van der Waals surface area contributed by atoms with Crippen LogP contribution < -0.4 is 5.73 Å². The van der Waals surface area contributed by atoms with E-state index < -0.39 is 0 Å². The minimum Gasteiger partial charge on any atom is -0.361 e. The van der Waals surface area contributed by atoms with Crippen LogP contribution >= 0.6 is 0 Å². The van der Waals surface area contributed by atoms with E-state index in [0.29, 0.717) is 5.41 Å². The third-order valence-electron chi connectivity index (χ3n) is 3.36. The van der Waals surface area contributed by atoms with Gasteiger partial charge in [-0.3, -0.25) is 0 Å². The van der Waals surface area contributed by atoms with E-state index in [1.54, 1.807) is 0 Å². The highest BCUT2D eigenvalue weighted by molar-refractivity contribution is 5.24. The average Bonchev–Trinajstić information content (AvgIpc) is 2.84. The molecule has 78 valence electrons. The fourth-order valence-corrected chi connectivity index (χ4v) is 2.13. The topological polar surface area (TPSA) is 52.0 Å². The predicted octanol–water partition coefficient (Wildman–Crippen LogP) is 1.96. The lowest BCUT2D eigenvalue weighted by Crippen LogP contribution is -2.12. The molecule has 2 rings (SSSR count). The van der Waals surface area contributed by atoms with Crippen molar-refractivity contribution in [2.45, 2.75) is 39.5 Å². The zero-order chi connectivity index (χ0) is 10.2. The van der Waals surface area contributed by atoms with Crippen molar-refractivity contribution >= 4 is 0 Å². The van der Waals surface area contributed by atoms with Crippen LogP contribution in [0.5, 0.6) is 0 Å². The molecular formula is C11H18N2O. The molecule has 0 unspecified atom stereocenters. The van der Waals surface area contributed by atoms with Crippen molar-refractivity contribution in [2.24, 2.45) is 11.1 Å². The molecule has 0 amide bonds. The normalized spacial score (nSPS) is 18.5. The van der Waals surface area contributed by atoms with E-state index in [0.717, 1.165) is 30.8 Å². The van der Waals surface area contributed by atoms with Crippen LogP contribution in [-0.4, -0.2) is 11.7 Å². The van der Waals surface area contributed by atoms with Crippen LogP contribution in [0.4, 0.5) is 0 Å². The van der Waals surface area contributed by atoms with Crippen molar-refractivity contribution in [1.82, 2.24) is 5.16 Å². The molecule has 0 atom stereocenters. The van der Waals surface area contributed by atoms with E-state index in [-0.39, 0.29) is 0 Å². The van der Waals surface area contributed by atoms with E-state index in [1.165, 1.54) is 18.4 Å². The summed E-state index contributed by atoms with van der Waals surface area (Å²) in [6.45, 7) is 4.81. The average molecular weight is 194 g/mol. The minimum absolute atomic E-state index is 0.482. The molecule has 1 aliphatic carbocycles. The van der Waals surface area contributed by atoms with Gasteiger partial charge in [-0.25, -0.2) is 0 Å². The lowest BCUT2D eigenvalue weighted by Gasteiger charge is -2.12. The number of nitrogens with two attached hydrogens (primary N) is 1. The van der Waals surface area contributed by atoms with Crippen molar-refractivity contribution in [3.8, 4) is 0 Å². The highest BCUT2D eigenvalue weighted by atomic mass is 16.5. The van der Waals surface area contributed by atoms with Gasteiger partial charge in [0, 0.05) is 5.56 Å². The third-order valence-corrected chi connectivity index (χ3v) is 3.36. The van der Waals surface area contributed by atoms with Crippen LogP contribution in [0.3, 0.4) is 0 Å². The van der Waals surface area contributed by atoms with Gasteiger partial charge in [0.1, 0.15) is 5.76 Å². The first-order valence-corrected chi connectivity index (χ1v) is 5.29. The Kier molecular flexibility index (Phi) is 2.35. The fourth-order valence-electron chi connectivity index (χ4n) is 2.13. The largest absolute Gasteiger partial charge is 0.361 e. The Morgan fingerprint density at radius 1 is 1.43 bits per heavy atom. The molecule has 2 N–H and O–H groups in total. The second-order valence-electron chi connectivity index (χ2n) is 4.52. The highest BCUT2D eigenvalue weighted by Gasteiger charge is 2.42. The van der Waals surface area contributed by atoms with Gasteiger partial charge >= 0.3 is 0 Å². The Balaban J connectivity index is 2.10. The number of hydrogen-bond acceptors (Lipinski definition) is 3. The number of hydrogen-bond donors (Lipinski definition) is 1. The molecule has 1 aromatic rings. The molecule has 1 saturated carbocycles. The van der Waals surface area contributed by atoms with Crippen molar-refractivity contribution in [2.75, 3.05) is 6.54 Å². The maximum Gasteiger partial charge on any atom is 0.137 e. The first-order chi connectivity index (χ1) is 6.67. The Hall–Kier alpha value is -0.830. The van der Waals surface area contributed by atoms with Crippen molar-refractivity contribution in [1.29, 1.82) is 0 Å². The fraction of sp³-hybridized carbons (Fsp3) is 0.727. The third kappa shape index (κ3) is 1.69. The summed E-state index contributed by atoms with van der Waals surface area (Å²) in [5.74, 6) is 0.978. The zero-order valence-corrected chi connectivity index (χ0v) is 8.97. The van der Waals surface area contributed by atoms with Crippen molar-refractivity contribution in [3.05, 3.63) is 17.0 Å². The molecule has 3 nitrogen and oxygen atoms in total. The van der Waals surface area contributed by atoms with Gasteiger partial charge in [-0.2, -0.15) is 0 Å². The van der Waals surface area contributed by atoms with Crippen LogP contribution in [-0.2, 0) is 6.42 Å². The molecule has 0 spiro atoms. The maximum absolute atomic E-state index is 5.62. The molecule has 3 heteroatoms. The van der Waals surface area contributed by atoms with E-state index in [9.17, 15) is 0 Å². The summed E-state index contributed by atoms with van der Waals surface area (Å²) in [4.78, 5) is 0. The maximum atomic E-state index is 5.62. The lowest BCUT2D eigenvalue weighted by atomic mass is 9.92. The Bertz CT molecular complexity index is 307. The molecule has 14 heavy (non-hydrogen) atoms. The van der Waals surface area contributed by atoms with Crippen LogP contribution in [0, 0.1) is 19.3 Å². The summed E-state index contributed by atoms with van der Waals surface area (Å²) in [6.07, 6.45) is 4.87. The summed E-state index contributed by atoms with van der Waals surface area (Å²) in [5, 5.41) is 3.98. The predicted molar refractivity (Wildman–Crippen MR) is 55.0 cm³/mol. The molecule has 1 fully saturated rings. The molecule has 0 radical (unpaired) electrons. The quantitative estimate of drug-likeness (QED) is 0.797. The van der Waals surface area contributed by atoms with Crippen molar-refractivity contribution < 1.29 is 4.52 Å². The summed E-state index contributed by atoms with van der Waals surface area (Å²) in [6, 6.07) is 0. The number of nitrogens with zero attached hydrogens (tertiary/aromatic N) is 1. The summed E-state index contributed by atoms with van der Waals surface area (Å²) in [5.41, 5.74) is 8.45. The summed E-state index contributed by atoms with van der Waals surface area (Å²) < 4.78 is 5.17. The van der Waals surface area contributed by atoms with E-state index in [2.05, 4.69) is 5.16 Å². The number of aromatic nitrogens is 1. The van der Waals surface area contributed by atoms with Gasteiger partial charge in [0.05, 0.1) is 5.69 Å². The lowest BCUT2D eigenvalue weighted by molar-refractivity contribution is 0.389. The molecule has 0 aromatic carbocycles. The van der Waals surface area contributed by atoms with Crippen LogP contribution in [0.15, 0.2) is 4.52 Å². The van der Waals surface area contributed by atoms with Gasteiger partial charge in [-0.05, 0) is 51.5 Å². The van der Waals surface area contributed by atoms with Gasteiger partial charge in [-0.1, -0.05) is 5.16 Å². The zero-order valence-electron chi connectivity index (χ0n) is 8.97. The minimum atomic E-state index is 0.482. The van der Waals surface area contributed by atoms with Gasteiger partial charge in [0.2, 0.25) is 0 Å². The molecule has 1 heterocycles.